The molecule has 0 N–H and O–H groups in total. The van der Waals surface area contributed by atoms with Crippen molar-refractivity contribution in [3.05, 3.63) is 83.4 Å². The van der Waals surface area contributed by atoms with Gasteiger partial charge in [0.2, 0.25) is 0 Å². The Morgan fingerprint density at radius 3 is 2.05 bits per heavy atom. The Hall–Kier alpha value is -2.08. The minimum atomic E-state index is 0. The van der Waals surface area contributed by atoms with Crippen LogP contribution in [0.4, 0.5) is 0 Å². The molecule has 0 aromatic heterocycles. The zero-order valence-corrected chi connectivity index (χ0v) is 11.0. The molecular formula is C20H26. The van der Waals surface area contributed by atoms with Gasteiger partial charge in [0.15, 0.2) is 0 Å². The van der Waals surface area contributed by atoms with E-state index in [1.54, 1.807) is 0 Å². The molecule has 2 rings (SSSR count). The first-order valence-electron chi connectivity index (χ1n) is 6.17. The number of hydrogen-bond acceptors (Lipinski definition) is 0. The lowest BCUT2D eigenvalue weighted by molar-refractivity contribution is 1.43. The molecule has 0 heteroatoms. The lowest BCUT2D eigenvalue weighted by Gasteiger charge is -2.07. The summed E-state index contributed by atoms with van der Waals surface area (Å²) >= 11 is 0. The SMILES string of the molecule is C.C.C=C(/C(C)=C/c1ccccc1C)c1ccccc1. The summed E-state index contributed by atoms with van der Waals surface area (Å²) < 4.78 is 0. The smallest absolute Gasteiger partial charge is 0.0187 e. The van der Waals surface area contributed by atoms with Crippen molar-refractivity contribution in [3.8, 4) is 0 Å². The summed E-state index contributed by atoms with van der Waals surface area (Å²) in [5.74, 6) is 0. The summed E-state index contributed by atoms with van der Waals surface area (Å²) in [5, 5.41) is 0. The lowest BCUT2D eigenvalue weighted by Crippen LogP contribution is -1.86. The molecule has 0 saturated carbocycles. The number of rotatable bonds is 3. The number of benzene rings is 2. The largest absolute Gasteiger partial charge is 0.0909 e. The summed E-state index contributed by atoms with van der Waals surface area (Å²) in [4.78, 5) is 0. The van der Waals surface area contributed by atoms with E-state index in [4.69, 9.17) is 0 Å². The maximum atomic E-state index is 4.18. The highest BCUT2D eigenvalue weighted by molar-refractivity contribution is 5.82. The summed E-state index contributed by atoms with van der Waals surface area (Å²) in [6.45, 7) is 8.42. The fraction of sp³-hybridized carbons (Fsp3) is 0.200. The maximum absolute atomic E-state index is 4.18. The molecule has 0 bridgehead atoms. The number of allylic oxidation sites excluding steroid dienone is 2. The van der Waals surface area contributed by atoms with Gasteiger partial charge in [0.25, 0.3) is 0 Å². The summed E-state index contributed by atoms with van der Waals surface area (Å²) in [7, 11) is 0. The van der Waals surface area contributed by atoms with Crippen molar-refractivity contribution in [2.75, 3.05) is 0 Å². The first-order chi connectivity index (χ1) is 8.68. The Bertz CT molecular complexity index is 574. The average Bonchev–Trinajstić information content (AvgIpc) is 2.41. The summed E-state index contributed by atoms with van der Waals surface area (Å²) in [6, 6.07) is 18.7. The van der Waals surface area contributed by atoms with E-state index in [-0.39, 0.29) is 14.9 Å². The van der Waals surface area contributed by atoms with Crippen molar-refractivity contribution < 1.29 is 0 Å². The van der Waals surface area contributed by atoms with Crippen LogP contribution in [0.5, 0.6) is 0 Å². The number of hydrogen-bond donors (Lipinski definition) is 0. The average molecular weight is 266 g/mol. The van der Waals surface area contributed by atoms with Crippen molar-refractivity contribution in [2.45, 2.75) is 28.7 Å². The summed E-state index contributed by atoms with van der Waals surface area (Å²) in [6.07, 6.45) is 2.20. The van der Waals surface area contributed by atoms with Gasteiger partial charge in [0.1, 0.15) is 0 Å². The van der Waals surface area contributed by atoms with Crippen LogP contribution in [0.1, 0.15) is 38.5 Å². The predicted molar refractivity (Wildman–Crippen MR) is 93.8 cm³/mol. The molecule has 0 amide bonds. The van der Waals surface area contributed by atoms with Crippen molar-refractivity contribution in [1.82, 2.24) is 0 Å². The van der Waals surface area contributed by atoms with Crippen LogP contribution < -0.4 is 0 Å². The van der Waals surface area contributed by atoms with Crippen LogP contribution in [-0.4, -0.2) is 0 Å². The molecule has 0 aliphatic heterocycles. The monoisotopic (exact) mass is 266 g/mol. The Labute approximate surface area is 124 Å². The Morgan fingerprint density at radius 2 is 1.45 bits per heavy atom. The van der Waals surface area contributed by atoms with Gasteiger partial charge >= 0.3 is 0 Å². The first kappa shape index (κ1) is 17.9. The van der Waals surface area contributed by atoms with Crippen LogP contribution in [0, 0.1) is 6.92 Å². The van der Waals surface area contributed by atoms with Gasteiger partial charge in [-0.1, -0.05) is 82.1 Å². The minimum absolute atomic E-state index is 0. The quantitative estimate of drug-likeness (QED) is 0.565. The first-order valence-corrected chi connectivity index (χ1v) is 6.17. The molecule has 0 fully saturated rings. The Morgan fingerprint density at radius 1 is 0.900 bits per heavy atom. The van der Waals surface area contributed by atoms with E-state index >= 15 is 0 Å². The third-order valence-electron chi connectivity index (χ3n) is 3.16. The van der Waals surface area contributed by atoms with Crippen molar-refractivity contribution in [1.29, 1.82) is 0 Å². The number of aryl methyl sites for hydroxylation is 1. The van der Waals surface area contributed by atoms with Crippen LogP contribution in [0.25, 0.3) is 11.6 Å². The van der Waals surface area contributed by atoms with E-state index in [2.05, 4.69) is 62.9 Å². The molecular weight excluding hydrogens is 240 g/mol. The predicted octanol–water partition coefficient (Wildman–Crippen LogP) is 6.38. The molecule has 2 aromatic carbocycles. The third-order valence-corrected chi connectivity index (χ3v) is 3.16. The van der Waals surface area contributed by atoms with E-state index in [1.807, 2.05) is 18.2 Å². The zero-order valence-electron chi connectivity index (χ0n) is 11.0. The highest BCUT2D eigenvalue weighted by atomic mass is 14.1. The molecule has 20 heavy (non-hydrogen) atoms. The van der Waals surface area contributed by atoms with Crippen LogP contribution in [0.3, 0.4) is 0 Å². The van der Waals surface area contributed by atoms with Gasteiger partial charge < -0.3 is 0 Å². The van der Waals surface area contributed by atoms with Gasteiger partial charge in [0.05, 0.1) is 0 Å². The van der Waals surface area contributed by atoms with Crippen LogP contribution in [0.2, 0.25) is 0 Å². The van der Waals surface area contributed by atoms with Gasteiger partial charge in [-0.3, -0.25) is 0 Å². The second-order valence-electron chi connectivity index (χ2n) is 4.53. The van der Waals surface area contributed by atoms with Gasteiger partial charge in [-0.2, -0.15) is 0 Å². The lowest BCUT2D eigenvalue weighted by atomic mass is 9.97. The standard InChI is InChI=1S/C18H18.2CH4/c1-14-9-7-8-12-18(14)13-15(2)16(3)17-10-5-4-6-11-17;;/h4-13H,3H2,1-2H3;2*1H4/b15-13+;;. The highest BCUT2D eigenvalue weighted by Gasteiger charge is 2.01. The van der Waals surface area contributed by atoms with Gasteiger partial charge in [-0.25, -0.2) is 0 Å². The van der Waals surface area contributed by atoms with Gasteiger partial charge in [0, 0.05) is 0 Å². The van der Waals surface area contributed by atoms with E-state index in [0.717, 1.165) is 5.57 Å². The molecule has 0 saturated heterocycles. The molecule has 0 heterocycles. The Kier molecular flexibility index (Phi) is 7.31. The molecule has 0 radical (unpaired) electrons. The van der Waals surface area contributed by atoms with E-state index in [9.17, 15) is 0 Å². The van der Waals surface area contributed by atoms with Crippen molar-refractivity contribution in [2.24, 2.45) is 0 Å². The zero-order chi connectivity index (χ0) is 13.0. The van der Waals surface area contributed by atoms with Crippen LogP contribution in [-0.2, 0) is 0 Å². The molecule has 0 unspecified atom stereocenters. The van der Waals surface area contributed by atoms with Crippen molar-refractivity contribution >= 4 is 11.6 Å². The van der Waals surface area contributed by atoms with Gasteiger partial charge in [-0.05, 0) is 41.7 Å². The molecule has 0 nitrogen and oxygen atoms in total. The summed E-state index contributed by atoms with van der Waals surface area (Å²) in [5.41, 5.74) is 6.01. The van der Waals surface area contributed by atoms with E-state index < -0.39 is 0 Å². The van der Waals surface area contributed by atoms with Gasteiger partial charge in [-0.15, -0.1) is 0 Å². The third kappa shape index (κ3) is 4.24. The topological polar surface area (TPSA) is 0 Å². The second-order valence-corrected chi connectivity index (χ2v) is 4.53. The highest BCUT2D eigenvalue weighted by Crippen LogP contribution is 2.23. The molecule has 106 valence electrons. The normalized spacial score (nSPS) is 10.2. The molecule has 0 aliphatic carbocycles. The van der Waals surface area contributed by atoms with Crippen LogP contribution in [0.15, 0.2) is 66.7 Å². The molecule has 0 aliphatic rings. The molecule has 0 atom stereocenters. The molecule has 2 aromatic rings. The van der Waals surface area contributed by atoms with E-state index in [1.165, 1.54) is 22.3 Å². The fourth-order valence-electron chi connectivity index (χ4n) is 1.94. The second kappa shape index (κ2) is 8.16. The van der Waals surface area contributed by atoms with Crippen LogP contribution >= 0.6 is 0 Å². The maximum Gasteiger partial charge on any atom is -0.0187 e. The fourth-order valence-corrected chi connectivity index (χ4v) is 1.94. The van der Waals surface area contributed by atoms with E-state index in [0.29, 0.717) is 0 Å². The molecule has 0 spiro atoms. The Balaban J connectivity index is 0.00000180. The van der Waals surface area contributed by atoms with Crippen molar-refractivity contribution in [3.63, 3.8) is 0 Å². The minimum Gasteiger partial charge on any atom is -0.0909 e.